The van der Waals surface area contributed by atoms with Crippen LogP contribution in [0, 0.1) is 5.92 Å². The maximum Gasteiger partial charge on any atom is 0.246 e. The van der Waals surface area contributed by atoms with Gasteiger partial charge in [-0.15, -0.1) is 0 Å². The molecule has 0 amide bonds. The zero-order valence-corrected chi connectivity index (χ0v) is 11.9. The third-order valence-electron chi connectivity index (χ3n) is 3.25. The minimum atomic E-state index is -3.56. The highest BCUT2D eigenvalue weighted by molar-refractivity contribution is 7.89. The van der Waals surface area contributed by atoms with Crippen LogP contribution in [-0.2, 0) is 10.0 Å². The number of aliphatic hydroxyl groups is 1. The largest absolute Gasteiger partial charge is 0.396 e. The molecule has 0 aliphatic carbocycles. The fourth-order valence-electron chi connectivity index (χ4n) is 2.25. The first kappa shape index (κ1) is 14.6. The van der Waals surface area contributed by atoms with E-state index in [1.807, 2.05) is 0 Å². The molecule has 8 heteroatoms. The van der Waals surface area contributed by atoms with E-state index in [1.165, 1.54) is 16.7 Å². The first-order valence-electron chi connectivity index (χ1n) is 6.12. The van der Waals surface area contributed by atoms with E-state index in [1.54, 1.807) is 0 Å². The Kier molecular flexibility index (Phi) is 4.72. The molecule has 1 N–H and O–H groups in total. The first-order chi connectivity index (χ1) is 9.04. The van der Waals surface area contributed by atoms with Gasteiger partial charge >= 0.3 is 0 Å². The number of hydrogen-bond donors (Lipinski definition) is 1. The third-order valence-corrected chi connectivity index (χ3v) is 5.27. The molecule has 1 saturated heterocycles. The molecule has 106 valence electrons. The van der Waals surface area contributed by atoms with Crippen LogP contribution in [0.15, 0.2) is 17.3 Å². The van der Waals surface area contributed by atoms with Gasteiger partial charge in [0.25, 0.3) is 0 Å². The van der Waals surface area contributed by atoms with E-state index in [0.717, 1.165) is 12.8 Å². The maximum absolute atomic E-state index is 12.4. The molecule has 1 aliphatic rings. The molecule has 6 nitrogen and oxygen atoms in total. The van der Waals surface area contributed by atoms with Crippen molar-refractivity contribution in [2.45, 2.75) is 24.2 Å². The van der Waals surface area contributed by atoms with Gasteiger partial charge in [-0.25, -0.2) is 18.4 Å². The van der Waals surface area contributed by atoms with Crippen LogP contribution in [0.1, 0.15) is 19.3 Å². The Morgan fingerprint density at radius 1 is 1.42 bits per heavy atom. The highest BCUT2D eigenvalue weighted by atomic mass is 35.5. The Labute approximate surface area is 117 Å². The van der Waals surface area contributed by atoms with Crippen LogP contribution < -0.4 is 0 Å². The summed E-state index contributed by atoms with van der Waals surface area (Å²) >= 11 is 5.55. The number of halogens is 1. The average molecular weight is 306 g/mol. The lowest BCUT2D eigenvalue weighted by Crippen LogP contribution is -2.40. The standard InChI is InChI=1S/C11H16ClN3O3S/c12-11-13-6-10(7-14-11)19(17,18)15-4-1-2-9(8-15)3-5-16/h6-7,9,16H,1-5,8H2. The lowest BCUT2D eigenvalue weighted by Gasteiger charge is -2.31. The fraction of sp³-hybridized carbons (Fsp3) is 0.636. The Morgan fingerprint density at radius 3 is 2.74 bits per heavy atom. The highest BCUT2D eigenvalue weighted by Gasteiger charge is 2.30. The van der Waals surface area contributed by atoms with E-state index in [9.17, 15) is 8.42 Å². The van der Waals surface area contributed by atoms with E-state index in [-0.39, 0.29) is 22.7 Å². The summed E-state index contributed by atoms with van der Waals surface area (Å²) in [6, 6.07) is 0. The molecular weight excluding hydrogens is 290 g/mol. The molecule has 1 aromatic rings. The van der Waals surface area contributed by atoms with Crippen molar-refractivity contribution in [3.63, 3.8) is 0 Å². The van der Waals surface area contributed by atoms with Gasteiger partial charge in [0.15, 0.2) is 0 Å². The summed E-state index contributed by atoms with van der Waals surface area (Å²) in [7, 11) is -3.56. The van der Waals surface area contributed by atoms with Crippen molar-refractivity contribution in [3.8, 4) is 0 Å². The molecular formula is C11H16ClN3O3S. The summed E-state index contributed by atoms with van der Waals surface area (Å²) in [6.45, 7) is 1.01. The minimum Gasteiger partial charge on any atom is -0.396 e. The van der Waals surface area contributed by atoms with Crippen molar-refractivity contribution in [2.24, 2.45) is 5.92 Å². The van der Waals surface area contributed by atoms with Crippen LogP contribution in [0.2, 0.25) is 5.28 Å². The van der Waals surface area contributed by atoms with Gasteiger partial charge in [0.2, 0.25) is 15.3 Å². The lowest BCUT2D eigenvalue weighted by atomic mass is 9.97. The monoisotopic (exact) mass is 305 g/mol. The number of nitrogens with zero attached hydrogens (tertiary/aromatic N) is 3. The van der Waals surface area contributed by atoms with E-state index in [4.69, 9.17) is 16.7 Å². The third kappa shape index (κ3) is 3.42. The molecule has 1 aromatic heterocycles. The molecule has 2 heterocycles. The van der Waals surface area contributed by atoms with Crippen LogP contribution in [-0.4, -0.2) is 47.5 Å². The summed E-state index contributed by atoms with van der Waals surface area (Å²) in [4.78, 5) is 7.47. The van der Waals surface area contributed by atoms with Gasteiger partial charge in [-0.3, -0.25) is 0 Å². The second-order valence-corrected chi connectivity index (χ2v) is 6.85. The summed E-state index contributed by atoms with van der Waals surface area (Å²) in [5, 5.41) is 8.98. The molecule has 19 heavy (non-hydrogen) atoms. The van der Waals surface area contributed by atoms with E-state index >= 15 is 0 Å². The second-order valence-electron chi connectivity index (χ2n) is 4.57. The molecule has 2 rings (SSSR count). The summed E-state index contributed by atoms with van der Waals surface area (Å²) < 4.78 is 26.2. The second kappa shape index (κ2) is 6.13. The van der Waals surface area contributed by atoms with Crippen LogP contribution in [0.5, 0.6) is 0 Å². The average Bonchev–Trinajstić information content (AvgIpc) is 2.40. The van der Waals surface area contributed by atoms with Gasteiger partial charge in [-0.05, 0) is 36.8 Å². The van der Waals surface area contributed by atoms with E-state index in [0.29, 0.717) is 19.5 Å². The molecule has 0 bridgehead atoms. The van der Waals surface area contributed by atoms with Crippen molar-refractivity contribution >= 4 is 21.6 Å². The van der Waals surface area contributed by atoms with Crippen LogP contribution in [0.4, 0.5) is 0 Å². The molecule has 0 saturated carbocycles. The summed E-state index contributed by atoms with van der Waals surface area (Å²) in [5.41, 5.74) is 0. The van der Waals surface area contributed by atoms with Gasteiger partial charge in [0.05, 0.1) is 12.4 Å². The van der Waals surface area contributed by atoms with Crippen molar-refractivity contribution in [2.75, 3.05) is 19.7 Å². The Bertz CT molecular complexity index is 518. The number of sulfonamides is 1. The normalized spacial score (nSPS) is 21.5. The molecule has 0 radical (unpaired) electrons. The Balaban J connectivity index is 2.17. The number of hydrogen-bond acceptors (Lipinski definition) is 5. The van der Waals surface area contributed by atoms with Crippen molar-refractivity contribution < 1.29 is 13.5 Å². The first-order valence-corrected chi connectivity index (χ1v) is 7.94. The van der Waals surface area contributed by atoms with Crippen LogP contribution in [0.3, 0.4) is 0 Å². The van der Waals surface area contributed by atoms with Gasteiger partial charge in [-0.1, -0.05) is 0 Å². The molecule has 1 atom stereocenters. The number of aliphatic hydroxyl groups excluding tert-OH is 1. The van der Waals surface area contributed by atoms with Gasteiger partial charge in [0, 0.05) is 19.7 Å². The quantitative estimate of drug-likeness (QED) is 0.836. The number of rotatable bonds is 4. The topological polar surface area (TPSA) is 83.4 Å². The molecule has 1 unspecified atom stereocenters. The van der Waals surface area contributed by atoms with Crippen molar-refractivity contribution in [3.05, 3.63) is 17.7 Å². The predicted octanol–water partition coefficient (Wildman–Crippen LogP) is 0.913. The highest BCUT2D eigenvalue weighted by Crippen LogP contribution is 2.24. The fourth-order valence-corrected chi connectivity index (χ4v) is 3.79. The minimum absolute atomic E-state index is 0.0238. The van der Waals surface area contributed by atoms with Crippen LogP contribution in [0.25, 0.3) is 0 Å². The van der Waals surface area contributed by atoms with Crippen molar-refractivity contribution in [1.29, 1.82) is 0 Å². The number of aromatic nitrogens is 2. The van der Waals surface area contributed by atoms with E-state index < -0.39 is 10.0 Å². The lowest BCUT2D eigenvalue weighted by molar-refractivity contribution is 0.203. The zero-order chi connectivity index (χ0) is 13.9. The van der Waals surface area contributed by atoms with Crippen LogP contribution >= 0.6 is 11.6 Å². The van der Waals surface area contributed by atoms with Crippen molar-refractivity contribution in [1.82, 2.24) is 14.3 Å². The molecule has 0 spiro atoms. The summed E-state index contributed by atoms with van der Waals surface area (Å²) in [6.07, 6.45) is 4.83. The molecule has 1 fully saturated rings. The predicted molar refractivity (Wildman–Crippen MR) is 70.2 cm³/mol. The Hall–Kier alpha value is -0.760. The zero-order valence-electron chi connectivity index (χ0n) is 10.4. The SMILES string of the molecule is O=S(=O)(c1cnc(Cl)nc1)N1CCCC(CCO)C1. The molecule has 0 aromatic carbocycles. The van der Waals surface area contributed by atoms with Gasteiger partial charge < -0.3 is 5.11 Å². The van der Waals surface area contributed by atoms with Gasteiger partial charge in [0.1, 0.15) is 4.90 Å². The molecule has 1 aliphatic heterocycles. The summed E-state index contributed by atoms with van der Waals surface area (Å²) in [5.74, 6) is 0.210. The smallest absolute Gasteiger partial charge is 0.246 e. The Morgan fingerprint density at radius 2 is 2.11 bits per heavy atom. The van der Waals surface area contributed by atoms with Gasteiger partial charge in [-0.2, -0.15) is 4.31 Å². The van der Waals surface area contributed by atoms with E-state index in [2.05, 4.69) is 9.97 Å². The maximum atomic E-state index is 12.4. The number of piperidine rings is 1.